The normalized spacial score (nSPS) is 29.2. The Labute approximate surface area is 157 Å². The number of carboxylic acids is 1. The van der Waals surface area contributed by atoms with Crippen molar-refractivity contribution in [1.29, 1.82) is 0 Å². The molecular weight excluding hydrogens is 373 g/mol. The van der Waals surface area contributed by atoms with Crippen LogP contribution in [-0.2, 0) is 14.4 Å². The summed E-state index contributed by atoms with van der Waals surface area (Å²) >= 11 is 0. The first-order chi connectivity index (χ1) is 13.2. The van der Waals surface area contributed by atoms with Crippen LogP contribution in [0.2, 0.25) is 0 Å². The number of carboxylic acid groups (broad SMARTS) is 1. The lowest BCUT2D eigenvalue weighted by molar-refractivity contribution is -0.157. The largest absolute Gasteiger partial charge is 0.479 e. The molecule has 0 bridgehead atoms. The number of rotatable bonds is 4. The van der Waals surface area contributed by atoms with Gasteiger partial charge in [-0.05, 0) is 18.6 Å². The summed E-state index contributed by atoms with van der Waals surface area (Å²) in [7, 11) is 0. The highest BCUT2D eigenvalue weighted by molar-refractivity contribution is 6.25. The molecular formula is C18H16FN3O6. The summed E-state index contributed by atoms with van der Waals surface area (Å²) in [5.41, 5.74) is -1.86. The van der Waals surface area contributed by atoms with E-state index < -0.39 is 47.4 Å². The molecule has 0 radical (unpaired) electrons. The van der Waals surface area contributed by atoms with Crippen molar-refractivity contribution in [3.05, 3.63) is 29.3 Å². The number of amides is 4. The Morgan fingerprint density at radius 3 is 2.57 bits per heavy atom. The van der Waals surface area contributed by atoms with E-state index in [0.29, 0.717) is 0 Å². The summed E-state index contributed by atoms with van der Waals surface area (Å²) in [6, 6.07) is 2.95. The number of carbonyl (C=O) groups excluding carboxylic acids is 4. The second-order valence-corrected chi connectivity index (χ2v) is 7.20. The molecule has 1 aromatic carbocycles. The topological polar surface area (TPSA) is 133 Å². The van der Waals surface area contributed by atoms with Crippen LogP contribution in [-0.4, -0.2) is 57.4 Å². The zero-order chi connectivity index (χ0) is 20.2. The predicted molar refractivity (Wildman–Crippen MR) is 91.2 cm³/mol. The maximum Gasteiger partial charge on any atom is 0.341 e. The molecule has 1 aliphatic carbocycles. The quantitative estimate of drug-likeness (QED) is 0.637. The molecule has 146 valence electrons. The van der Waals surface area contributed by atoms with Gasteiger partial charge in [0.2, 0.25) is 17.5 Å². The number of imide groups is 2. The lowest BCUT2D eigenvalue weighted by Crippen LogP contribution is -2.54. The van der Waals surface area contributed by atoms with E-state index in [-0.39, 0.29) is 42.5 Å². The monoisotopic (exact) mass is 389 g/mol. The van der Waals surface area contributed by atoms with Crippen LogP contribution in [0.25, 0.3) is 0 Å². The molecule has 1 saturated heterocycles. The Hall–Kier alpha value is -3.30. The third-order valence-corrected chi connectivity index (χ3v) is 5.35. The lowest BCUT2D eigenvalue weighted by Gasteiger charge is -2.39. The highest BCUT2D eigenvalue weighted by Crippen LogP contribution is 2.40. The van der Waals surface area contributed by atoms with E-state index in [0.717, 1.165) is 4.90 Å². The van der Waals surface area contributed by atoms with Crippen molar-refractivity contribution < 1.29 is 33.5 Å². The zero-order valence-electron chi connectivity index (χ0n) is 14.5. The fraction of sp³-hybridized carbons (Fsp3) is 0.389. The fourth-order valence-corrected chi connectivity index (χ4v) is 3.85. The Bertz CT molecular complexity index is 939. The number of halogens is 1. The maximum atomic E-state index is 13.9. The van der Waals surface area contributed by atoms with E-state index in [1.807, 2.05) is 0 Å². The predicted octanol–water partition coefficient (Wildman–Crippen LogP) is 0.455. The molecule has 1 unspecified atom stereocenters. The van der Waals surface area contributed by atoms with Gasteiger partial charge in [0.05, 0.1) is 11.1 Å². The molecule has 4 rings (SSSR count). The summed E-state index contributed by atoms with van der Waals surface area (Å²) in [6.07, 6.45) is -0.453. The number of hydrogen-bond acceptors (Lipinski definition) is 6. The smallest absolute Gasteiger partial charge is 0.341 e. The van der Waals surface area contributed by atoms with Gasteiger partial charge >= 0.3 is 5.97 Å². The SMILES string of the molecule is O=C1CCC(N2C(=O)c3cccc(NC4CC(F)(C(=O)O)C4)c3C2=O)C(=O)N1. The number of nitrogens with one attached hydrogen (secondary N) is 2. The van der Waals surface area contributed by atoms with Gasteiger partial charge < -0.3 is 10.4 Å². The van der Waals surface area contributed by atoms with Gasteiger partial charge in [-0.3, -0.25) is 29.4 Å². The highest BCUT2D eigenvalue weighted by Gasteiger charge is 2.52. The molecule has 28 heavy (non-hydrogen) atoms. The molecule has 4 amide bonds. The van der Waals surface area contributed by atoms with E-state index in [1.165, 1.54) is 12.1 Å². The Kier molecular flexibility index (Phi) is 3.95. The van der Waals surface area contributed by atoms with Gasteiger partial charge in [-0.25, -0.2) is 9.18 Å². The number of benzene rings is 1. The first-order valence-corrected chi connectivity index (χ1v) is 8.75. The molecule has 0 aromatic heterocycles. The van der Waals surface area contributed by atoms with E-state index in [1.54, 1.807) is 6.07 Å². The Balaban J connectivity index is 1.58. The van der Waals surface area contributed by atoms with Crippen LogP contribution in [0.3, 0.4) is 0 Å². The van der Waals surface area contributed by atoms with Crippen LogP contribution in [0.5, 0.6) is 0 Å². The minimum Gasteiger partial charge on any atom is -0.479 e. The minimum absolute atomic E-state index is 0.0186. The van der Waals surface area contributed by atoms with Crippen LogP contribution in [0, 0.1) is 0 Å². The van der Waals surface area contributed by atoms with Crippen molar-refractivity contribution in [2.24, 2.45) is 0 Å². The highest BCUT2D eigenvalue weighted by atomic mass is 19.1. The molecule has 9 nitrogen and oxygen atoms in total. The molecule has 1 atom stereocenters. The van der Waals surface area contributed by atoms with Gasteiger partial charge in [-0.15, -0.1) is 0 Å². The van der Waals surface area contributed by atoms with Crippen LogP contribution < -0.4 is 10.6 Å². The van der Waals surface area contributed by atoms with Gasteiger partial charge in [0.25, 0.3) is 11.8 Å². The minimum atomic E-state index is -2.30. The van der Waals surface area contributed by atoms with E-state index >= 15 is 0 Å². The van der Waals surface area contributed by atoms with Gasteiger partial charge in [0.15, 0.2) is 0 Å². The standard InChI is InChI=1S/C18H16FN3O6/c19-18(17(27)28)6-8(7-18)20-10-3-1-2-9-13(10)16(26)22(15(9)25)11-4-5-12(23)21-14(11)24/h1-3,8,11,20H,4-7H2,(H,27,28)(H,21,23,24). The van der Waals surface area contributed by atoms with Crippen molar-refractivity contribution in [3.63, 3.8) is 0 Å². The number of fused-ring (bicyclic) bond motifs is 1. The Morgan fingerprint density at radius 2 is 1.93 bits per heavy atom. The van der Waals surface area contributed by atoms with Crippen LogP contribution in [0.15, 0.2) is 18.2 Å². The van der Waals surface area contributed by atoms with E-state index in [2.05, 4.69) is 10.6 Å². The third-order valence-electron chi connectivity index (χ3n) is 5.35. The number of anilines is 1. The molecule has 2 fully saturated rings. The van der Waals surface area contributed by atoms with Crippen molar-refractivity contribution in [2.45, 2.75) is 43.4 Å². The molecule has 10 heteroatoms. The summed E-state index contributed by atoms with van der Waals surface area (Å²) < 4.78 is 13.9. The number of carbonyl (C=O) groups is 5. The van der Waals surface area contributed by atoms with Crippen molar-refractivity contribution in [1.82, 2.24) is 10.2 Å². The zero-order valence-corrected chi connectivity index (χ0v) is 14.5. The molecule has 1 aromatic rings. The lowest BCUT2D eigenvalue weighted by atomic mass is 9.77. The number of alkyl halides is 1. The van der Waals surface area contributed by atoms with Gasteiger partial charge in [-0.2, -0.15) is 0 Å². The third kappa shape index (κ3) is 2.63. The molecule has 2 heterocycles. The first kappa shape index (κ1) is 18.1. The maximum absolute atomic E-state index is 13.9. The number of piperidine rings is 1. The number of aliphatic carboxylic acids is 1. The fourth-order valence-electron chi connectivity index (χ4n) is 3.85. The van der Waals surface area contributed by atoms with E-state index in [4.69, 9.17) is 5.11 Å². The molecule has 3 N–H and O–H groups in total. The second kappa shape index (κ2) is 6.11. The summed E-state index contributed by atoms with van der Waals surface area (Å²) in [5, 5.41) is 13.9. The molecule has 0 spiro atoms. The molecule has 3 aliphatic rings. The number of nitrogens with zero attached hydrogens (tertiary/aromatic N) is 1. The Morgan fingerprint density at radius 1 is 1.21 bits per heavy atom. The van der Waals surface area contributed by atoms with Crippen LogP contribution in [0.1, 0.15) is 46.4 Å². The first-order valence-electron chi connectivity index (χ1n) is 8.75. The average molecular weight is 389 g/mol. The van der Waals surface area contributed by atoms with E-state index in [9.17, 15) is 28.4 Å². The molecule has 2 aliphatic heterocycles. The summed E-state index contributed by atoms with van der Waals surface area (Å²) in [4.78, 5) is 60.8. The van der Waals surface area contributed by atoms with Gasteiger partial charge in [-0.1, -0.05) is 6.07 Å². The van der Waals surface area contributed by atoms with Gasteiger partial charge in [0.1, 0.15) is 6.04 Å². The van der Waals surface area contributed by atoms with Crippen molar-refractivity contribution in [2.75, 3.05) is 5.32 Å². The number of hydrogen-bond donors (Lipinski definition) is 3. The van der Waals surface area contributed by atoms with Crippen LogP contribution in [0.4, 0.5) is 10.1 Å². The van der Waals surface area contributed by atoms with Gasteiger partial charge in [0, 0.05) is 31.0 Å². The molecule has 1 saturated carbocycles. The van der Waals surface area contributed by atoms with Crippen molar-refractivity contribution in [3.8, 4) is 0 Å². The summed E-state index contributed by atoms with van der Waals surface area (Å²) in [6.45, 7) is 0. The van der Waals surface area contributed by atoms with Crippen molar-refractivity contribution >= 4 is 35.3 Å². The van der Waals surface area contributed by atoms with Crippen LogP contribution >= 0.6 is 0 Å². The average Bonchev–Trinajstić information content (AvgIpc) is 2.86. The second-order valence-electron chi connectivity index (χ2n) is 7.20. The summed E-state index contributed by atoms with van der Waals surface area (Å²) in [5.74, 6) is -4.01.